The fraction of sp³-hybridized carbons (Fsp3) is 0. The fourth-order valence-corrected chi connectivity index (χ4v) is 9.11. The molecule has 9 aromatic carbocycles. The number of hydrogen-bond acceptors (Lipinski definition) is 3. The molecular weight excluding hydrogens is 765 g/mol. The molecular formula is C59H38N4. The number of aromatic nitrogens is 4. The summed E-state index contributed by atoms with van der Waals surface area (Å²) in [5.41, 5.74) is 15.9. The van der Waals surface area contributed by atoms with Crippen molar-refractivity contribution in [1.29, 1.82) is 0 Å². The minimum atomic E-state index is 0.682. The van der Waals surface area contributed by atoms with E-state index in [0.717, 1.165) is 67.1 Å². The third kappa shape index (κ3) is 6.53. The van der Waals surface area contributed by atoms with Crippen LogP contribution in [0.1, 0.15) is 0 Å². The van der Waals surface area contributed by atoms with Crippen LogP contribution in [-0.2, 0) is 0 Å². The van der Waals surface area contributed by atoms with E-state index in [4.69, 9.17) is 15.0 Å². The van der Waals surface area contributed by atoms with Gasteiger partial charge in [0.15, 0.2) is 5.82 Å². The van der Waals surface area contributed by atoms with Gasteiger partial charge in [-0.15, -0.1) is 0 Å². The van der Waals surface area contributed by atoms with Crippen LogP contribution in [0.5, 0.6) is 0 Å². The Labute approximate surface area is 365 Å². The van der Waals surface area contributed by atoms with Crippen molar-refractivity contribution in [2.75, 3.05) is 0 Å². The molecule has 4 heteroatoms. The topological polar surface area (TPSA) is 43.6 Å². The first-order valence-electron chi connectivity index (χ1n) is 21.3. The predicted molar refractivity (Wildman–Crippen MR) is 262 cm³/mol. The van der Waals surface area contributed by atoms with Gasteiger partial charge in [0.2, 0.25) is 0 Å². The lowest BCUT2D eigenvalue weighted by Crippen LogP contribution is -1.97. The number of hydrogen-bond donors (Lipinski definition) is 0. The molecule has 0 aliphatic carbocycles. The van der Waals surface area contributed by atoms with E-state index >= 15 is 0 Å². The Balaban J connectivity index is 0.931. The summed E-state index contributed by atoms with van der Waals surface area (Å²) in [6, 6.07) is 81.5. The molecule has 0 bridgehead atoms. The van der Waals surface area contributed by atoms with Crippen molar-refractivity contribution in [3.63, 3.8) is 0 Å². The predicted octanol–water partition coefficient (Wildman–Crippen LogP) is 15.3. The van der Waals surface area contributed by atoms with E-state index in [0.29, 0.717) is 5.82 Å². The lowest BCUT2D eigenvalue weighted by Gasteiger charge is -2.14. The van der Waals surface area contributed by atoms with Crippen molar-refractivity contribution in [2.24, 2.45) is 0 Å². The molecule has 0 aliphatic heterocycles. The summed E-state index contributed by atoms with van der Waals surface area (Å²) in [6.07, 6.45) is 0. The summed E-state index contributed by atoms with van der Waals surface area (Å²) >= 11 is 0. The summed E-state index contributed by atoms with van der Waals surface area (Å²) < 4.78 is 2.34. The van der Waals surface area contributed by atoms with E-state index in [1.54, 1.807) is 0 Å². The summed E-state index contributed by atoms with van der Waals surface area (Å²) in [5, 5.41) is 6.00. The second-order valence-electron chi connectivity index (χ2n) is 16.0. The first-order valence-corrected chi connectivity index (χ1v) is 21.3. The van der Waals surface area contributed by atoms with Crippen LogP contribution < -0.4 is 0 Å². The molecule has 0 saturated heterocycles. The van der Waals surface area contributed by atoms with Gasteiger partial charge in [-0.3, -0.25) is 0 Å². The fourth-order valence-electron chi connectivity index (χ4n) is 9.11. The van der Waals surface area contributed by atoms with Gasteiger partial charge in [-0.1, -0.05) is 182 Å². The zero-order chi connectivity index (χ0) is 41.7. The molecule has 0 N–H and O–H groups in total. The van der Waals surface area contributed by atoms with Crippen LogP contribution >= 0.6 is 0 Å². The summed E-state index contributed by atoms with van der Waals surface area (Å²) in [7, 11) is 0. The van der Waals surface area contributed by atoms with E-state index in [1.807, 2.05) is 12.1 Å². The third-order valence-corrected chi connectivity index (χ3v) is 12.2. The number of pyridine rings is 1. The van der Waals surface area contributed by atoms with Crippen molar-refractivity contribution < 1.29 is 0 Å². The standard InChI is InChI=1S/C59H38N4/c1-4-14-40(15-5-1)51-37-53(42-16-6-2-7-17-42)60-52-35-32-41-26-29-46(36-50(41)58(51)52)39-24-27-45(28-25-39)59-61-54(43-18-8-3-9-19-43)38-55(62-59)44-30-33-47(34-31-44)63-56-22-12-10-20-48(56)49-21-11-13-23-57(49)63/h1-38H. The average molecular weight is 803 g/mol. The zero-order valence-corrected chi connectivity index (χ0v) is 34.2. The Morgan fingerprint density at radius 2 is 0.778 bits per heavy atom. The van der Waals surface area contributed by atoms with E-state index in [-0.39, 0.29) is 0 Å². The summed E-state index contributed by atoms with van der Waals surface area (Å²) in [5.74, 6) is 0.682. The smallest absolute Gasteiger partial charge is 0.160 e. The Kier molecular flexibility index (Phi) is 8.79. The van der Waals surface area contributed by atoms with Crippen molar-refractivity contribution in [3.8, 4) is 73.1 Å². The Morgan fingerprint density at radius 1 is 0.302 bits per heavy atom. The highest BCUT2D eigenvalue weighted by Gasteiger charge is 2.16. The molecule has 12 aromatic rings. The van der Waals surface area contributed by atoms with Gasteiger partial charge in [-0.05, 0) is 81.6 Å². The highest BCUT2D eigenvalue weighted by Crippen LogP contribution is 2.39. The molecule has 0 unspecified atom stereocenters. The van der Waals surface area contributed by atoms with Gasteiger partial charge in [-0.25, -0.2) is 15.0 Å². The molecule has 0 aliphatic rings. The van der Waals surface area contributed by atoms with Gasteiger partial charge in [-0.2, -0.15) is 0 Å². The van der Waals surface area contributed by atoms with Gasteiger partial charge in [0.05, 0.1) is 33.6 Å². The lowest BCUT2D eigenvalue weighted by atomic mass is 9.92. The first kappa shape index (κ1) is 36.4. The maximum atomic E-state index is 5.21. The van der Waals surface area contributed by atoms with Crippen molar-refractivity contribution in [3.05, 3.63) is 231 Å². The van der Waals surface area contributed by atoms with Crippen LogP contribution in [0, 0.1) is 0 Å². The molecule has 0 fully saturated rings. The number of nitrogens with zero attached hydrogens (tertiary/aromatic N) is 4. The second kappa shape index (κ2) is 15.2. The molecule has 294 valence electrons. The molecule has 3 aromatic heterocycles. The quantitative estimate of drug-likeness (QED) is 0.151. The highest BCUT2D eigenvalue weighted by atomic mass is 15.0. The van der Waals surface area contributed by atoms with Gasteiger partial charge < -0.3 is 4.57 Å². The Hall–Kier alpha value is -8.47. The number of benzene rings is 9. The van der Waals surface area contributed by atoms with Gasteiger partial charge >= 0.3 is 0 Å². The molecule has 12 rings (SSSR count). The Bertz CT molecular complexity index is 3580. The lowest BCUT2D eigenvalue weighted by molar-refractivity contribution is 1.17. The average Bonchev–Trinajstić information content (AvgIpc) is 3.71. The van der Waals surface area contributed by atoms with Crippen LogP contribution in [-0.4, -0.2) is 19.5 Å². The second-order valence-corrected chi connectivity index (χ2v) is 16.0. The number of rotatable bonds is 7. The molecule has 0 radical (unpaired) electrons. The number of fused-ring (bicyclic) bond motifs is 6. The van der Waals surface area contributed by atoms with E-state index in [1.165, 1.54) is 43.7 Å². The largest absolute Gasteiger partial charge is 0.309 e. The normalized spacial score (nSPS) is 11.5. The minimum Gasteiger partial charge on any atom is -0.309 e. The molecule has 0 amide bonds. The summed E-state index contributed by atoms with van der Waals surface area (Å²) in [6.45, 7) is 0. The first-order chi connectivity index (χ1) is 31.2. The zero-order valence-electron chi connectivity index (χ0n) is 34.2. The van der Waals surface area contributed by atoms with E-state index in [2.05, 4.69) is 223 Å². The molecule has 0 atom stereocenters. The van der Waals surface area contributed by atoms with Crippen LogP contribution in [0.25, 0.3) is 117 Å². The van der Waals surface area contributed by atoms with Crippen LogP contribution in [0.3, 0.4) is 0 Å². The molecule has 63 heavy (non-hydrogen) atoms. The van der Waals surface area contributed by atoms with Crippen LogP contribution in [0.15, 0.2) is 231 Å². The molecule has 3 heterocycles. The number of para-hydroxylation sites is 2. The van der Waals surface area contributed by atoms with Crippen LogP contribution in [0.2, 0.25) is 0 Å². The van der Waals surface area contributed by atoms with E-state index in [9.17, 15) is 0 Å². The van der Waals surface area contributed by atoms with Crippen molar-refractivity contribution in [1.82, 2.24) is 19.5 Å². The summed E-state index contributed by atoms with van der Waals surface area (Å²) in [4.78, 5) is 15.6. The molecule has 4 nitrogen and oxygen atoms in total. The van der Waals surface area contributed by atoms with Crippen molar-refractivity contribution in [2.45, 2.75) is 0 Å². The van der Waals surface area contributed by atoms with Gasteiger partial charge in [0.1, 0.15) is 0 Å². The van der Waals surface area contributed by atoms with Gasteiger partial charge in [0.25, 0.3) is 0 Å². The third-order valence-electron chi connectivity index (χ3n) is 12.2. The molecule has 0 spiro atoms. The van der Waals surface area contributed by atoms with Gasteiger partial charge in [0, 0.05) is 44.1 Å². The maximum absolute atomic E-state index is 5.21. The monoisotopic (exact) mass is 802 g/mol. The van der Waals surface area contributed by atoms with Crippen molar-refractivity contribution >= 4 is 43.5 Å². The molecule has 0 saturated carbocycles. The van der Waals surface area contributed by atoms with Crippen LogP contribution in [0.4, 0.5) is 0 Å². The SMILES string of the molecule is c1ccc(-c2cc(-c3ccc(-n4c5ccccc5c5ccccc54)cc3)nc(-c3ccc(-c4ccc5ccc6nc(-c7ccccc7)cc(-c7ccccc7)c6c5c4)cc3)n2)cc1. The minimum absolute atomic E-state index is 0.682. The highest BCUT2D eigenvalue weighted by molar-refractivity contribution is 6.15. The Morgan fingerprint density at radius 3 is 1.40 bits per heavy atom. The van der Waals surface area contributed by atoms with E-state index < -0.39 is 0 Å². The maximum Gasteiger partial charge on any atom is 0.160 e.